The Bertz CT molecular complexity index is 875. The van der Waals surface area contributed by atoms with E-state index >= 15 is 0 Å². The van der Waals surface area contributed by atoms with E-state index in [9.17, 15) is 14.9 Å². The van der Waals surface area contributed by atoms with Crippen LogP contribution in [-0.4, -0.2) is 20.4 Å². The van der Waals surface area contributed by atoms with E-state index < -0.39 is 4.92 Å². The molecule has 0 aliphatic heterocycles. The van der Waals surface area contributed by atoms with Gasteiger partial charge in [-0.1, -0.05) is 24.3 Å². The lowest BCUT2D eigenvalue weighted by atomic mass is 10.1. The lowest BCUT2D eigenvalue weighted by Crippen LogP contribution is -2.23. The molecule has 1 heterocycles. The highest BCUT2D eigenvalue weighted by molar-refractivity contribution is 5.94. The average Bonchev–Trinajstić information content (AvgIpc) is 3.14. The van der Waals surface area contributed by atoms with Crippen molar-refractivity contribution < 1.29 is 9.72 Å². The minimum absolute atomic E-state index is 0.110. The molecule has 0 aliphatic carbocycles. The first-order valence-electron chi connectivity index (χ1n) is 7.24. The second kappa shape index (κ2) is 6.74. The maximum absolute atomic E-state index is 12.2. The average molecular weight is 322 g/mol. The SMILES string of the molecule is O=C(NCc1ccccc1-n1ccnc1)c1cccc([N+](=O)[O-])c1. The van der Waals surface area contributed by atoms with Gasteiger partial charge in [-0.25, -0.2) is 4.98 Å². The number of imidazole rings is 1. The van der Waals surface area contributed by atoms with Gasteiger partial charge in [-0.15, -0.1) is 0 Å². The van der Waals surface area contributed by atoms with Crippen LogP contribution in [0.5, 0.6) is 0 Å². The highest BCUT2D eigenvalue weighted by Crippen LogP contribution is 2.15. The number of hydrogen-bond donors (Lipinski definition) is 1. The number of nitrogens with one attached hydrogen (secondary N) is 1. The Morgan fingerprint density at radius 2 is 2.04 bits per heavy atom. The highest BCUT2D eigenvalue weighted by Gasteiger charge is 2.12. The molecule has 2 aromatic carbocycles. The summed E-state index contributed by atoms with van der Waals surface area (Å²) in [4.78, 5) is 26.5. The zero-order valence-electron chi connectivity index (χ0n) is 12.6. The number of carbonyl (C=O) groups is 1. The van der Waals surface area contributed by atoms with Crippen molar-refractivity contribution >= 4 is 11.6 Å². The number of nitro groups is 1. The summed E-state index contributed by atoms with van der Waals surface area (Å²) >= 11 is 0. The Morgan fingerprint density at radius 1 is 1.21 bits per heavy atom. The number of rotatable bonds is 5. The third kappa shape index (κ3) is 3.30. The number of hydrogen-bond acceptors (Lipinski definition) is 4. The predicted octanol–water partition coefficient (Wildman–Crippen LogP) is 2.71. The normalized spacial score (nSPS) is 10.3. The van der Waals surface area contributed by atoms with Gasteiger partial charge in [0, 0.05) is 36.6 Å². The fraction of sp³-hybridized carbons (Fsp3) is 0.0588. The Labute approximate surface area is 137 Å². The van der Waals surface area contributed by atoms with Gasteiger partial charge in [0.15, 0.2) is 0 Å². The molecule has 0 spiro atoms. The third-order valence-electron chi connectivity index (χ3n) is 3.53. The van der Waals surface area contributed by atoms with Gasteiger partial charge < -0.3 is 9.88 Å². The molecule has 0 saturated heterocycles. The minimum Gasteiger partial charge on any atom is -0.348 e. The van der Waals surface area contributed by atoms with Crippen LogP contribution >= 0.6 is 0 Å². The first-order chi connectivity index (χ1) is 11.6. The van der Waals surface area contributed by atoms with Crippen molar-refractivity contribution in [1.82, 2.24) is 14.9 Å². The number of benzene rings is 2. The summed E-state index contributed by atoms with van der Waals surface area (Å²) in [5.41, 5.74) is 1.97. The second-order valence-electron chi connectivity index (χ2n) is 5.09. The van der Waals surface area contributed by atoms with E-state index in [0.29, 0.717) is 6.54 Å². The molecule has 0 saturated carbocycles. The van der Waals surface area contributed by atoms with E-state index in [1.54, 1.807) is 18.6 Å². The first-order valence-corrected chi connectivity index (χ1v) is 7.24. The van der Waals surface area contributed by atoms with Crippen LogP contribution in [0.4, 0.5) is 5.69 Å². The minimum atomic E-state index is -0.523. The largest absolute Gasteiger partial charge is 0.348 e. The highest BCUT2D eigenvalue weighted by atomic mass is 16.6. The standard InChI is InChI=1S/C17H14N4O3/c22-17(13-5-3-6-15(10-13)21(23)24)19-11-14-4-1-2-7-16(14)20-9-8-18-12-20/h1-10,12H,11H2,(H,19,22). The first kappa shape index (κ1) is 15.4. The fourth-order valence-electron chi connectivity index (χ4n) is 2.35. The summed E-state index contributed by atoms with van der Waals surface area (Å²) in [5, 5.41) is 13.6. The fourth-order valence-corrected chi connectivity index (χ4v) is 2.35. The maximum Gasteiger partial charge on any atom is 0.270 e. The Hall–Kier alpha value is -3.48. The summed E-state index contributed by atoms with van der Waals surface area (Å²) in [6.07, 6.45) is 5.18. The van der Waals surface area contributed by atoms with Gasteiger partial charge >= 0.3 is 0 Å². The zero-order chi connectivity index (χ0) is 16.9. The molecule has 1 aromatic heterocycles. The molecule has 0 aliphatic rings. The number of carbonyl (C=O) groups excluding carboxylic acids is 1. The van der Waals surface area contributed by atoms with Crippen LogP contribution in [0.25, 0.3) is 5.69 Å². The molecule has 7 heteroatoms. The molecule has 7 nitrogen and oxygen atoms in total. The number of amides is 1. The molecule has 3 rings (SSSR count). The molecular formula is C17H14N4O3. The van der Waals surface area contributed by atoms with E-state index in [1.165, 1.54) is 18.2 Å². The van der Waals surface area contributed by atoms with Crippen LogP contribution < -0.4 is 5.32 Å². The molecule has 0 atom stereocenters. The number of para-hydroxylation sites is 1. The summed E-state index contributed by atoms with van der Waals surface area (Å²) in [5.74, 6) is -0.362. The maximum atomic E-state index is 12.2. The number of nitrogens with zero attached hydrogens (tertiary/aromatic N) is 3. The summed E-state index contributed by atoms with van der Waals surface area (Å²) in [6, 6.07) is 13.3. The van der Waals surface area contributed by atoms with E-state index in [2.05, 4.69) is 10.3 Å². The molecular weight excluding hydrogens is 308 g/mol. The third-order valence-corrected chi connectivity index (χ3v) is 3.53. The smallest absolute Gasteiger partial charge is 0.270 e. The van der Waals surface area contributed by atoms with E-state index in [0.717, 1.165) is 11.3 Å². The molecule has 120 valence electrons. The number of nitro benzene ring substituents is 1. The van der Waals surface area contributed by atoms with Crippen molar-refractivity contribution in [3.8, 4) is 5.69 Å². The van der Waals surface area contributed by atoms with Gasteiger partial charge in [0.25, 0.3) is 11.6 Å². The van der Waals surface area contributed by atoms with Gasteiger partial charge in [-0.05, 0) is 17.7 Å². The van der Waals surface area contributed by atoms with E-state index in [-0.39, 0.29) is 17.2 Å². The Kier molecular flexibility index (Phi) is 4.33. The predicted molar refractivity (Wildman–Crippen MR) is 87.8 cm³/mol. The Morgan fingerprint density at radius 3 is 2.79 bits per heavy atom. The van der Waals surface area contributed by atoms with Gasteiger partial charge in [0.05, 0.1) is 16.9 Å². The van der Waals surface area contributed by atoms with Gasteiger partial charge in [-0.3, -0.25) is 14.9 Å². The molecule has 3 aromatic rings. The van der Waals surface area contributed by atoms with Crippen molar-refractivity contribution in [3.63, 3.8) is 0 Å². The molecule has 0 radical (unpaired) electrons. The van der Waals surface area contributed by atoms with Crippen molar-refractivity contribution in [1.29, 1.82) is 0 Å². The van der Waals surface area contributed by atoms with E-state index in [4.69, 9.17) is 0 Å². The van der Waals surface area contributed by atoms with Crippen molar-refractivity contribution in [2.24, 2.45) is 0 Å². The van der Waals surface area contributed by atoms with Crippen LogP contribution in [0.15, 0.2) is 67.3 Å². The summed E-state index contributed by atoms with van der Waals surface area (Å²) in [7, 11) is 0. The van der Waals surface area contributed by atoms with Gasteiger partial charge in [0.2, 0.25) is 0 Å². The molecule has 1 N–H and O–H groups in total. The number of non-ortho nitro benzene ring substituents is 1. The Balaban J connectivity index is 1.76. The molecule has 0 unspecified atom stereocenters. The summed E-state index contributed by atoms with van der Waals surface area (Å²) < 4.78 is 1.86. The van der Waals surface area contributed by atoms with Crippen molar-refractivity contribution in [2.45, 2.75) is 6.54 Å². The zero-order valence-corrected chi connectivity index (χ0v) is 12.6. The van der Waals surface area contributed by atoms with Crippen LogP contribution in [0, 0.1) is 10.1 Å². The van der Waals surface area contributed by atoms with Crippen LogP contribution in [0.3, 0.4) is 0 Å². The molecule has 0 fully saturated rings. The quantitative estimate of drug-likeness (QED) is 0.577. The van der Waals surface area contributed by atoms with Gasteiger partial charge in [0.1, 0.15) is 0 Å². The topological polar surface area (TPSA) is 90.1 Å². The monoisotopic (exact) mass is 322 g/mol. The van der Waals surface area contributed by atoms with Crippen LogP contribution in [0.2, 0.25) is 0 Å². The summed E-state index contributed by atoms with van der Waals surface area (Å²) in [6.45, 7) is 0.301. The second-order valence-corrected chi connectivity index (χ2v) is 5.09. The lowest BCUT2D eigenvalue weighted by Gasteiger charge is -2.11. The van der Waals surface area contributed by atoms with Gasteiger partial charge in [-0.2, -0.15) is 0 Å². The molecule has 0 bridgehead atoms. The molecule has 1 amide bonds. The van der Waals surface area contributed by atoms with Crippen LogP contribution in [-0.2, 0) is 6.54 Å². The lowest BCUT2D eigenvalue weighted by molar-refractivity contribution is -0.384. The molecule has 24 heavy (non-hydrogen) atoms. The van der Waals surface area contributed by atoms with Crippen molar-refractivity contribution in [2.75, 3.05) is 0 Å². The van der Waals surface area contributed by atoms with Crippen molar-refractivity contribution in [3.05, 3.63) is 88.5 Å². The van der Waals surface area contributed by atoms with Crippen LogP contribution in [0.1, 0.15) is 15.9 Å². The number of aromatic nitrogens is 2. The van der Waals surface area contributed by atoms with E-state index in [1.807, 2.05) is 35.0 Å².